The van der Waals surface area contributed by atoms with Crippen molar-refractivity contribution in [2.75, 3.05) is 6.54 Å². The van der Waals surface area contributed by atoms with Gasteiger partial charge in [-0.05, 0) is 41.7 Å². The summed E-state index contributed by atoms with van der Waals surface area (Å²) in [6.45, 7) is 3.70. The topological polar surface area (TPSA) is 88.4 Å². The first-order chi connectivity index (χ1) is 13.1. The Balaban J connectivity index is 1.43. The lowest BCUT2D eigenvalue weighted by molar-refractivity contribution is -0.122. The molecule has 0 unspecified atom stereocenters. The maximum absolute atomic E-state index is 12.1. The summed E-state index contributed by atoms with van der Waals surface area (Å²) < 4.78 is 11.0. The fourth-order valence-electron chi connectivity index (χ4n) is 2.38. The molecule has 136 valence electrons. The van der Waals surface area contributed by atoms with Gasteiger partial charge in [0, 0.05) is 12.6 Å². The van der Waals surface area contributed by atoms with E-state index in [1.165, 1.54) is 24.1 Å². The van der Waals surface area contributed by atoms with Crippen molar-refractivity contribution in [3.8, 4) is 5.95 Å². The van der Waals surface area contributed by atoms with E-state index in [0.717, 1.165) is 27.7 Å². The Hall–Kier alpha value is -2.91. The fourth-order valence-corrected chi connectivity index (χ4v) is 3.88. The molecule has 1 N–H and O–H groups in total. The Labute approximate surface area is 162 Å². The van der Waals surface area contributed by atoms with Crippen molar-refractivity contribution in [2.45, 2.75) is 10.2 Å². The van der Waals surface area contributed by atoms with E-state index < -0.39 is 5.91 Å². The molecule has 9 heteroatoms. The number of aromatic nitrogens is 2. The number of hydrogen-bond acceptors (Lipinski definition) is 7. The summed E-state index contributed by atoms with van der Waals surface area (Å²) >= 11 is 2.14. The van der Waals surface area contributed by atoms with Crippen LogP contribution < -0.4 is 4.74 Å². The lowest BCUT2D eigenvalue weighted by atomic mass is 10.3. The number of rotatable bonds is 6. The van der Waals surface area contributed by atoms with E-state index in [2.05, 4.69) is 16.5 Å². The van der Waals surface area contributed by atoms with E-state index in [1.54, 1.807) is 12.1 Å². The Morgan fingerprint density at radius 2 is 2.15 bits per heavy atom. The molecule has 2 aromatic heterocycles. The molecule has 0 radical (unpaired) electrons. The van der Waals surface area contributed by atoms with Crippen LogP contribution in [0.1, 0.15) is 0 Å². The molecule has 2 amide bonds. The third kappa shape index (κ3) is 3.64. The number of thioether (sulfide) groups is 1. The molecule has 3 heterocycles. The monoisotopic (exact) mass is 399 g/mol. The average molecular weight is 399 g/mol. The number of imide groups is 1. The minimum Gasteiger partial charge on any atom is -0.433 e. The van der Waals surface area contributed by atoms with Crippen LogP contribution in [0.5, 0.6) is 5.95 Å². The van der Waals surface area contributed by atoms with E-state index in [1.807, 2.05) is 24.3 Å². The third-order valence-electron chi connectivity index (χ3n) is 3.59. The molecule has 0 aliphatic carbocycles. The number of amides is 2. The van der Waals surface area contributed by atoms with Crippen molar-refractivity contribution >= 4 is 45.7 Å². The van der Waals surface area contributed by atoms with Crippen molar-refractivity contribution in [3.63, 3.8) is 0 Å². The zero-order valence-electron chi connectivity index (χ0n) is 13.9. The number of carbonyl (C=O) groups excluding carboxylic acids is 2. The van der Waals surface area contributed by atoms with E-state index >= 15 is 0 Å². The summed E-state index contributed by atoms with van der Waals surface area (Å²) in [5, 5.41) is 0.926. The van der Waals surface area contributed by atoms with Crippen LogP contribution in [0, 0.1) is 0 Å². The Kier molecular flexibility index (Phi) is 4.78. The van der Waals surface area contributed by atoms with Gasteiger partial charge in [0.2, 0.25) is 0 Å². The van der Waals surface area contributed by atoms with Gasteiger partial charge in [0.25, 0.3) is 17.1 Å². The smallest absolute Gasteiger partial charge is 0.293 e. The predicted octanol–water partition coefficient (Wildman–Crippen LogP) is 4.41. The summed E-state index contributed by atoms with van der Waals surface area (Å²) in [4.78, 5) is 32.8. The summed E-state index contributed by atoms with van der Waals surface area (Å²) in [7, 11) is 0. The van der Waals surface area contributed by atoms with E-state index in [4.69, 9.17) is 9.15 Å². The molecule has 0 atom stereocenters. The fraction of sp³-hybridized carbons (Fsp3) is 0.0556. The molecular weight excluding hydrogens is 386 g/mol. The van der Waals surface area contributed by atoms with Gasteiger partial charge in [0.15, 0.2) is 10.2 Å². The van der Waals surface area contributed by atoms with Crippen molar-refractivity contribution < 1.29 is 18.7 Å². The van der Waals surface area contributed by atoms with Crippen molar-refractivity contribution in [3.05, 3.63) is 60.2 Å². The minimum atomic E-state index is -0.409. The molecule has 27 heavy (non-hydrogen) atoms. The van der Waals surface area contributed by atoms with Crippen molar-refractivity contribution in [1.82, 2.24) is 14.9 Å². The minimum absolute atomic E-state index is 0.168. The molecule has 0 saturated carbocycles. The molecule has 1 aliphatic rings. The molecular formula is C18H13N3O4S2. The molecule has 0 bridgehead atoms. The van der Waals surface area contributed by atoms with E-state index in [0.29, 0.717) is 10.2 Å². The number of imidazole rings is 1. The molecule has 0 spiro atoms. The number of para-hydroxylation sites is 2. The summed E-state index contributed by atoms with van der Waals surface area (Å²) in [5.41, 5.74) is 1.82. The van der Waals surface area contributed by atoms with Gasteiger partial charge >= 0.3 is 0 Å². The van der Waals surface area contributed by atoms with Crippen molar-refractivity contribution in [1.29, 1.82) is 0 Å². The molecule has 7 nitrogen and oxygen atoms in total. The first-order valence-corrected chi connectivity index (χ1v) is 9.51. The van der Waals surface area contributed by atoms with E-state index in [9.17, 15) is 9.59 Å². The number of nitrogens with one attached hydrogen (secondary N) is 1. The van der Waals surface area contributed by atoms with E-state index in [-0.39, 0.29) is 22.6 Å². The first kappa shape index (κ1) is 17.5. The van der Waals surface area contributed by atoms with Crippen LogP contribution >= 0.6 is 23.5 Å². The molecule has 1 aliphatic heterocycles. The van der Waals surface area contributed by atoms with Gasteiger partial charge in [-0.3, -0.25) is 14.5 Å². The van der Waals surface area contributed by atoms with Crippen LogP contribution in [0.2, 0.25) is 0 Å². The van der Waals surface area contributed by atoms with Gasteiger partial charge in [-0.2, -0.15) is 0 Å². The summed E-state index contributed by atoms with van der Waals surface area (Å²) in [6.07, 6.45) is 2.72. The number of nitrogens with zero attached hydrogens (tertiary/aromatic N) is 2. The molecule has 1 aromatic carbocycles. The molecule has 4 rings (SSSR count). The number of aromatic amines is 1. The normalized spacial score (nSPS) is 15.9. The third-order valence-corrected chi connectivity index (χ3v) is 5.28. The highest BCUT2D eigenvalue weighted by Crippen LogP contribution is 2.33. The highest BCUT2D eigenvalue weighted by Gasteiger charge is 2.34. The SMILES string of the molecule is C=CCN1C(=O)S/C(=C/Oc2ccc(Sc3nc4ccccc4[nH]3)o2)C1=O. The van der Waals surface area contributed by atoms with Crippen LogP contribution in [-0.2, 0) is 4.79 Å². The molecule has 1 fully saturated rings. The van der Waals surface area contributed by atoms with Crippen LogP contribution in [-0.4, -0.2) is 32.6 Å². The maximum Gasteiger partial charge on any atom is 0.293 e. The number of furan rings is 1. The van der Waals surface area contributed by atoms with Gasteiger partial charge in [0.1, 0.15) is 11.2 Å². The largest absolute Gasteiger partial charge is 0.433 e. The second kappa shape index (κ2) is 7.37. The zero-order chi connectivity index (χ0) is 18.8. The Morgan fingerprint density at radius 1 is 1.30 bits per heavy atom. The molecule has 1 saturated heterocycles. The van der Waals surface area contributed by atoms with Gasteiger partial charge < -0.3 is 14.1 Å². The lowest BCUT2D eigenvalue weighted by Gasteiger charge is -2.07. The summed E-state index contributed by atoms with van der Waals surface area (Å²) in [5.74, 6) is -0.197. The van der Waals surface area contributed by atoms with Crippen LogP contribution in [0.4, 0.5) is 4.79 Å². The number of carbonyl (C=O) groups is 2. The number of benzene rings is 1. The van der Waals surface area contributed by atoms with Crippen LogP contribution in [0.3, 0.4) is 0 Å². The number of hydrogen-bond donors (Lipinski definition) is 1. The number of fused-ring (bicyclic) bond motifs is 1. The van der Waals surface area contributed by atoms with Gasteiger partial charge in [0.05, 0.1) is 11.0 Å². The zero-order valence-corrected chi connectivity index (χ0v) is 15.5. The lowest BCUT2D eigenvalue weighted by Crippen LogP contribution is -2.28. The predicted molar refractivity (Wildman–Crippen MR) is 103 cm³/mol. The Morgan fingerprint density at radius 3 is 2.96 bits per heavy atom. The standard InChI is InChI=1S/C18H13N3O4S2/c1-2-9-21-16(22)13(26-18(21)23)10-24-14-7-8-15(25-14)27-17-19-11-5-3-4-6-12(11)20-17/h2-8,10H,1,9H2,(H,19,20)/b13-10+. The Bertz CT molecular complexity index is 1040. The second-order valence-electron chi connectivity index (χ2n) is 5.41. The quantitative estimate of drug-likeness (QED) is 0.373. The second-order valence-corrected chi connectivity index (χ2v) is 7.39. The van der Waals surface area contributed by atoms with Gasteiger partial charge in [-0.1, -0.05) is 18.2 Å². The summed E-state index contributed by atoms with van der Waals surface area (Å²) in [6, 6.07) is 11.1. The van der Waals surface area contributed by atoms with Crippen LogP contribution in [0.25, 0.3) is 11.0 Å². The highest BCUT2D eigenvalue weighted by atomic mass is 32.2. The van der Waals surface area contributed by atoms with Crippen LogP contribution in [0.15, 0.2) is 74.9 Å². The highest BCUT2D eigenvalue weighted by molar-refractivity contribution is 8.18. The van der Waals surface area contributed by atoms with Gasteiger partial charge in [-0.25, -0.2) is 4.98 Å². The van der Waals surface area contributed by atoms with Crippen molar-refractivity contribution in [2.24, 2.45) is 0 Å². The number of H-pyrrole nitrogens is 1. The maximum atomic E-state index is 12.1. The average Bonchev–Trinajstić information content (AvgIpc) is 3.34. The first-order valence-electron chi connectivity index (χ1n) is 7.88. The number of ether oxygens (including phenoxy) is 1. The molecule has 3 aromatic rings. The van der Waals surface area contributed by atoms with Gasteiger partial charge in [-0.15, -0.1) is 6.58 Å².